The van der Waals surface area contributed by atoms with E-state index in [-0.39, 0.29) is 37.7 Å². The molecule has 0 saturated carbocycles. The van der Waals surface area contributed by atoms with Crippen LogP contribution in [0, 0.1) is 0 Å². The van der Waals surface area contributed by atoms with Crippen molar-refractivity contribution in [2.24, 2.45) is 0 Å². The Morgan fingerprint density at radius 2 is 0.684 bits per heavy atom. The molecule has 0 rings (SSSR count). The Kier molecular flexibility index (Phi) is 22.2. The van der Waals surface area contributed by atoms with E-state index in [0.29, 0.717) is 0 Å². The Morgan fingerprint density at radius 1 is 0.632 bits per heavy atom. The van der Waals surface area contributed by atoms with Gasteiger partial charge in [-0.1, -0.05) is 0 Å². The summed E-state index contributed by atoms with van der Waals surface area (Å²) in [5.74, 6) is -3.56. The molecule has 0 aromatic carbocycles. The zero-order valence-corrected chi connectivity index (χ0v) is 10.1. The molecular weight excluding hydrogens is 292 g/mol. The van der Waals surface area contributed by atoms with Crippen molar-refractivity contribution in [1.29, 1.82) is 0 Å². The van der Waals surface area contributed by atoms with Crippen LogP contribution in [0.15, 0.2) is 0 Å². The molecule has 0 fully saturated rings. The molecule has 9 nitrogen and oxygen atoms in total. The first kappa shape index (κ1) is 27.0. The van der Waals surface area contributed by atoms with Gasteiger partial charge in [0.25, 0.3) is 0 Å². The second-order valence-electron chi connectivity index (χ2n) is 3.04. The molecule has 0 spiro atoms. The number of carboxylic acid groups (broad SMARTS) is 3. The quantitative estimate of drug-likeness (QED) is 0.306. The van der Waals surface area contributed by atoms with E-state index < -0.39 is 36.2 Å². The number of carboxylic acids is 3. The van der Waals surface area contributed by atoms with Gasteiger partial charge in [0.2, 0.25) is 0 Å². The van der Waals surface area contributed by atoms with E-state index in [1.807, 2.05) is 0 Å². The predicted octanol–water partition coefficient (Wildman–Crippen LogP) is -2.56. The van der Waals surface area contributed by atoms with Crippen LogP contribution >= 0.6 is 0 Å². The van der Waals surface area contributed by atoms with Crippen LogP contribution in [0.1, 0.15) is 20.8 Å². The van der Waals surface area contributed by atoms with Crippen molar-refractivity contribution in [3.05, 3.63) is 0 Å². The van der Waals surface area contributed by atoms with Gasteiger partial charge in [-0.3, -0.25) is 0 Å². The molecule has 0 amide bonds. The summed E-state index contributed by atoms with van der Waals surface area (Å²) < 4.78 is 0. The van der Waals surface area contributed by atoms with Crippen molar-refractivity contribution in [2.75, 3.05) is 0 Å². The molecule has 0 heterocycles. The van der Waals surface area contributed by atoms with Gasteiger partial charge in [0.15, 0.2) is 0 Å². The van der Waals surface area contributed by atoms with Gasteiger partial charge in [-0.2, -0.15) is 0 Å². The molecule has 10 heteroatoms. The third kappa shape index (κ3) is 31.8. The molecule has 112 valence electrons. The molecule has 0 aromatic rings. The second kappa shape index (κ2) is 15.6. The standard InChI is InChI=1S/3C3H6O3.Ca.2H/c3*1-2(4)3(5)6;;;/h3*2,4H,1H3,(H,5,6);;;. The Balaban J connectivity index is -0.0000000865. The van der Waals surface area contributed by atoms with Crippen molar-refractivity contribution in [1.82, 2.24) is 0 Å². The first-order chi connectivity index (χ1) is 7.93. The van der Waals surface area contributed by atoms with Crippen LogP contribution in [-0.4, -0.2) is 105 Å². The van der Waals surface area contributed by atoms with Crippen molar-refractivity contribution in [3.63, 3.8) is 0 Å². The predicted molar refractivity (Wildman–Crippen MR) is 66.5 cm³/mol. The zero-order chi connectivity index (χ0) is 15.5. The fraction of sp³-hybridized carbons (Fsp3) is 0.667. The van der Waals surface area contributed by atoms with Gasteiger partial charge in [0, 0.05) is 0 Å². The molecule has 0 aliphatic carbocycles. The van der Waals surface area contributed by atoms with E-state index >= 15 is 0 Å². The monoisotopic (exact) mass is 312 g/mol. The molecule has 0 aliphatic rings. The summed E-state index contributed by atoms with van der Waals surface area (Å²) >= 11 is 0. The van der Waals surface area contributed by atoms with Crippen LogP contribution in [0.2, 0.25) is 0 Å². The summed E-state index contributed by atoms with van der Waals surface area (Å²) in [6.07, 6.45) is -3.69. The minimum atomic E-state index is -1.23. The summed E-state index contributed by atoms with van der Waals surface area (Å²) in [6.45, 7) is 3.59. The van der Waals surface area contributed by atoms with Crippen molar-refractivity contribution >= 4 is 55.6 Å². The molecule has 19 heavy (non-hydrogen) atoms. The minimum absolute atomic E-state index is 0. The van der Waals surface area contributed by atoms with Crippen LogP contribution in [0.3, 0.4) is 0 Å². The average molecular weight is 312 g/mol. The Hall–Kier alpha value is -0.450. The van der Waals surface area contributed by atoms with Crippen LogP contribution in [0.25, 0.3) is 0 Å². The van der Waals surface area contributed by atoms with Crippen molar-refractivity contribution in [3.8, 4) is 0 Å². The van der Waals surface area contributed by atoms with Gasteiger partial charge in [0.1, 0.15) is 18.3 Å². The number of hydrogen-bond donors (Lipinski definition) is 6. The third-order valence-corrected chi connectivity index (χ3v) is 1.07. The summed E-state index contributed by atoms with van der Waals surface area (Å²) in [4.78, 5) is 28.3. The van der Waals surface area contributed by atoms with Gasteiger partial charge >= 0.3 is 55.6 Å². The summed E-state index contributed by atoms with van der Waals surface area (Å²) in [7, 11) is 0. The first-order valence-corrected chi connectivity index (χ1v) is 4.66. The molecule has 0 bridgehead atoms. The Bertz CT molecular complexity index is 220. The Labute approximate surface area is 139 Å². The second-order valence-corrected chi connectivity index (χ2v) is 3.04. The SMILES string of the molecule is CC(O)C(=O)O.CC(O)C(=O)O.CC(O)C(=O)O.[CaH2]. The van der Waals surface area contributed by atoms with Gasteiger partial charge in [-0.25, -0.2) is 14.4 Å². The summed E-state index contributed by atoms with van der Waals surface area (Å²) in [6, 6.07) is 0. The zero-order valence-electron chi connectivity index (χ0n) is 10.1. The molecular formula is C9H20CaO9. The third-order valence-electron chi connectivity index (χ3n) is 1.07. The molecule has 3 unspecified atom stereocenters. The average Bonchev–Trinajstić information content (AvgIpc) is 2.18. The number of rotatable bonds is 3. The van der Waals surface area contributed by atoms with E-state index in [2.05, 4.69) is 0 Å². The normalized spacial score (nSPS) is 12.9. The number of hydrogen-bond acceptors (Lipinski definition) is 6. The van der Waals surface area contributed by atoms with Crippen LogP contribution in [-0.2, 0) is 14.4 Å². The molecule has 0 saturated heterocycles. The van der Waals surface area contributed by atoms with Gasteiger partial charge in [-0.05, 0) is 20.8 Å². The van der Waals surface area contributed by atoms with Crippen LogP contribution in [0.5, 0.6) is 0 Å². The molecule has 3 atom stereocenters. The van der Waals surface area contributed by atoms with Crippen molar-refractivity contribution in [2.45, 2.75) is 39.1 Å². The van der Waals surface area contributed by atoms with E-state index in [0.717, 1.165) is 0 Å². The Morgan fingerprint density at radius 3 is 0.684 bits per heavy atom. The molecule has 6 N–H and O–H groups in total. The first-order valence-electron chi connectivity index (χ1n) is 4.66. The maximum atomic E-state index is 9.45. The maximum absolute atomic E-state index is 9.45. The topological polar surface area (TPSA) is 173 Å². The van der Waals surface area contributed by atoms with Gasteiger partial charge in [-0.15, -0.1) is 0 Å². The van der Waals surface area contributed by atoms with Crippen molar-refractivity contribution < 1.29 is 45.0 Å². The number of aliphatic hydroxyl groups excluding tert-OH is 3. The molecule has 0 aliphatic heterocycles. The number of carbonyl (C=O) groups is 3. The fourth-order valence-corrected chi connectivity index (χ4v) is 0. The summed E-state index contributed by atoms with van der Waals surface area (Å²) in [5, 5.41) is 47.3. The number of aliphatic carboxylic acids is 3. The molecule has 0 aromatic heterocycles. The van der Waals surface area contributed by atoms with E-state index in [9.17, 15) is 14.4 Å². The number of aliphatic hydroxyl groups is 3. The molecule has 0 radical (unpaired) electrons. The van der Waals surface area contributed by atoms with E-state index in [4.69, 9.17) is 30.6 Å². The van der Waals surface area contributed by atoms with Gasteiger partial charge in [0.05, 0.1) is 0 Å². The van der Waals surface area contributed by atoms with E-state index in [1.54, 1.807) is 0 Å². The van der Waals surface area contributed by atoms with Crippen LogP contribution in [0.4, 0.5) is 0 Å². The van der Waals surface area contributed by atoms with Crippen LogP contribution < -0.4 is 0 Å². The van der Waals surface area contributed by atoms with Gasteiger partial charge < -0.3 is 30.6 Å². The fourth-order valence-electron chi connectivity index (χ4n) is 0. The van der Waals surface area contributed by atoms with E-state index in [1.165, 1.54) is 20.8 Å². The summed E-state index contributed by atoms with van der Waals surface area (Å²) in [5.41, 5.74) is 0.